The van der Waals surface area contributed by atoms with Crippen LogP contribution in [0, 0.1) is 5.92 Å². The first-order valence-electron chi connectivity index (χ1n) is 9.31. The molecular formula is C17H26N4O4S. The van der Waals surface area contributed by atoms with Gasteiger partial charge in [0.25, 0.3) is 0 Å². The largest absolute Gasteiger partial charge is 0.377 e. The fourth-order valence-electron chi connectivity index (χ4n) is 4.29. The zero-order valence-electron chi connectivity index (χ0n) is 15.0. The third-order valence-electron chi connectivity index (χ3n) is 5.64. The molecule has 8 nitrogen and oxygen atoms in total. The SMILES string of the molecule is CCn1cc(CN2C[C@@H](C(=O)NC3CS(=O)(=O)C3)C[C@H]3OCC[C@H]32)cn1. The fourth-order valence-corrected chi connectivity index (χ4v) is 5.58. The minimum absolute atomic E-state index is 0.0481. The zero-order chi connectivity index (χ0) is 18.3. The number of sulfone groups is 1. The zero-order valence-corrected chi connectivity index (χ0v) is 15.8. The highest BCUT2D eigenvalue weighted by atomic mass is 32.2. The molecule has 0 unspecified atom stereocenters. The number of piperidine rings is 1. The minimum atomic E-state index is -2.93. The third-order valence-corrected chi connectivity index (χ3v) is 7.46. The van der Waals surface area contributed by atoms with Crippen LogP contribution in [0.4, 0.5) is 0 Å². The number of likely N-dealkylation sites (tertiary alicyclic amines) is 1. The van der Waals surface area contributed by atoms with Crippen molar-refractivity contribution >= 4 is 15.7 Å². The maximum atomic E-state index is 12.6. The summed E-state index contributed by atoms with van der Waals surface area (Å²) in [6.45, 7) is 5.05. The fraction of sp³-hybridized carbons (Fsp3) is 0.765. The van der Waals surface area contributed by atoms with Gasteiger partial charge in [-0.2, -0.15) is 5.10 Å². The van der Waals surface area contributed by atoms with Gasteiger partial charge in [0.2, 0.25) is 5.91 Å². The van der Waals surface area contributed by atoms with Crippen molar-refractivity contribution in [1.82, 2.24) is 20.0 Å². The van der Waals surface area contributed by atoms with Crippen molar-refractivity contribution in [2.24, 2.45) is 5.92 Å². The third kappa shape index (κ3) is 3.65. The Morgan fingerprint density at radius 1 is 1.42 bits per heavy atom. The Hall–Kier alpha value is -1.45. The van der Waals surface area contributed by atoms with Gasteiger partial charge in [0.15, 0.2) is 9.84 Å². The first-order chi connectivity index (χ1) is 12.4. The normalized spacial score (nSPS) is 31.3. The van der Waals surface area contributed by atoms with E-state index in [1.165, 1.54) is 0 Å². The van der Waals surface area contributed by atoms with Crippen LogP contribution >= 0.6 is 0 Å². The monoisotopic (exact) mass is 382 g/mol. The molecule has 1 aromatic heterocycles. The van der Waals surface area contributed by atoms with E-state index in [-0.39, 0.29) is 35.5 Å². The number of fused-ring (bicyclic) bond motifs is 1. The molecule has 0 aromatic carbocycles. The molecule has 0 saturated carbocycles. The number of aromatic nitrogens is 2. The summed E-state index contributed by atoms with van der Waals surface area (Å²) in [5.41, 5.74) is 1.14. The highest BCUT2D eigenvalue weighted by molar-refractivity contribution is 7.92. The number of nitrogens with zero attached hydrogens (tertiary/aromatic N) is 3. The Morgan fingerprint density at radius 3 is 2.92 bits per heavy atom. The molecule has 4 heterocycles. The molecule has 144 valence electrons. The highest BCUT2D eigenvalue weighted by Crippen LogP contribution is 2.32. The first kappa shape index (κ1) is 17.9. The predicted molar refractivity (Wildman–Crippen MR) is 95.1 cm³/mol. The van der Waals surface area contributed by atoms with Gasteiger partial charge in [-0.1, -0.05) is 0 Å². The maximum Gasteiger partial charge on any atom is 0.224 e. The highest BCUT2D eigenvalue weighted by Gasteiger charge is 2.43. The molecule has 3 aliphatic heterocycles. The number of aryl methyl sites for hydroxylation is 1. The van der Waals surface area contributed by atoms with Crippen LogP contribution in [0.25, 0.3) is 0 Å². The predicted octanol–water partition coefficient (Wildman–Crippen LogP) is -0.204. The Balaban J connectivity index is 1.41. The molecular weight excluding hydrogens is 356 g/mol. The number of carbonyl (C=O) groups is 1. The van der Waals surface area contributed by atoms with E-state index in [1.54, 1.807) is 0 Å². The van der Waals surface area contributed by atoms with E-state index in [1.807, 2.05) is 17.1 Å². The van der Waals surface area contributed by atoms with Crippen LogP contribution in [0.3, 0.4) is 0 Å². The molecule has 3 atom stereocenters. The lowest BCUT2D eigenvalue weighted by Crippen LogP contribution is -2.57. The van der Waals surface area contributed by atoms with Crippen molar-refractivity contribution in [3.8, 4) is 0 Å². The lowest BCUT2D eigenvalue weighted by Gasteiger charge is -2.40. The second kappa shape index (κ2) is 6.94. The molecule has 4 rings (SSSR count). The van der Waals surface area contributed by atoms with E-state index in [2.05, 4.69) is 22.2 Å². The second-order valence-corrected chi connectivity index (χ2v) is 9.77. The van der Waals surface area contributed by atoms with Gasteiger partial charge in [-0.05, 0) is 19.8 Å². The van der Waals surface area contributed by atoms with Gasteiger partial charge >= 0.3 is 0 Å². The van der Waals surface area contributed by atoms with Crippen molar-refractivity contribution < 1.29 is 17.9 Å². The van der Waals surface area contributed by atoms with E-state index in [4.69, 9.17) is 4.74 Å². The smallest absolute Gasteiger partial charge is 0.224 e. The van der Waals surface area contributed by atoms with Crippen LogP contribution in [0.2, 0.25) is 0 Å². The maximum absolute atomic E-state index is 12.6. The Bertz CT molecular complexity index is 765. The number of hydrogen-bond donors (Lipinski definition) is 1. The summed E-state index contributed by atoms with van der Waals surface area (Å²) in [4.78, 5) is 15.0. The summed E-state index contributed by atoms with van der Waals surface area (Å²) >= 11 is 0. The molecule has 0 bridgehead atoms. The second-order valence-electron chi connectivity index (χ2n) is 7.61. The van der Waals surface area contributed by atoms with Gasteiger partial charge in [-0.15, -0.1) is 0 Å². The molecule has 3 fully saturated rings. The van der Waals surface area contributed by atoms with Crippen LogP contribution in [0.1, 0.15) is 25.3 Å². The van der Waals surface area contributed by atoms with E-state index in [9.17, 15) is 13.2 Å². The van der Waals surface area contributed by atoms with Crippen molar-refractivity contribution in [3.05, 3.63) is 18.0 Å². The van der Waals surface area contributed by atoms with E-state index < -0.39 is 9.84 Å². The summed E-state index contributed by atoms with van der Waals surface area (Å²) in [6.07, 6.45) is 5.71. The molecule has 0 radical (unpaired) electrons. The van der Waals surface area contributed by atoms with Crippen LogP contribution in [0.15, 0.2) is 12.4 Å². The summed E-state index contributed by atoms with van der Waals surface area (Å²) in [7, 11) is -2.93. The molecule has 1 aromatic rings. The number of ether oxygens (including phenoxy) is 1. The molecule has 9 heteroatoms. The Morgan fingerprint density at radius 2 is 2.23 bits per heavy atom. The van der Waals surface area contributed by atoms with Crippen molar-refractivity contribution in [3.63, 3.8) is 0 Å². The summed E-state index contributed by atoms with van der Waals surface area (Å²) in [5, 5.41) is 7.24. The van der Waals surface area contributed by atoms with Crippen molar-refractivity contribution in [2.45, 2.75) is 51.0 Å². The molecule has 0 spiro atoms. The van der Waals surface area contributed by atoms with Crippen LogP contribution in [0.5, 0.6) is 0 Å². The van der Waals surface area contributed by atoms with Crippen LogP contribution < -0.4 is 5.32 Å². The quantitative estimate of drug-likeness (QED) is 0.758. The first-order valence-corrected chi connectivity index (χ1v) is 11.1. The Kier molecular flexibility index (Phi) is 4.79. The molecule has 0 aliphatic carbocycles. The molecule has 1 N–H and O–H groups in total. The molecule has 3 aliphatic rings. The molecule has 26 heavy (non-hydrogen) atoms. The van der Waals surface area contributed by atoms with Gasteiger partial charge in [-0.3, -0.25) is 14.4 Å². The van der Waals surface area contributed by atoms with Crippen LogP contribution in [-0.4, -0.2) is 71.9 Å². The van der Waals surface area contributed by atoms with Crippen molar-refractivity contribution in [2.75, 3.05) is 24.7 Å². The lowest BCUT2D eigenvalue weighted by atomic mass is 9.89. The van der Waals surface area contributed by atoms with E-state index in [0.717, 1.165) is 31.7 Å². The average Bonchev–Trinajstić information content (AvgIpc) is 3.21. The van der Waals surface area contributed by atoms with E-state index in [0.29, 0.717) is 19.0 Å². The van der Waals surface area contributed by atoms with Crippen LogP contribution in [-0.2, 0) is 32.5 Å². The van der Waals surface area contributed by atoms with E-state index >= 15 is 0 Å². The molecule has 1 amide bonds. The minimum Gasteiger partial charge on any atom is -0.377 e. The van der Waals surface area contributed by atoms with Gasteiger partial charge in [0.05, 0.1) is 35.8 Å². The number of amides is 1. The topological polar surface area (TPSA) is 93.5 Å². The average molecular weight is 382 g/mol. The number of nitrogens with one attached hydrogen (secondary N) is 1. The number of hydrogen-bond acceptors (Lipinski definition) is 6. The molecule has 3 saturated heterocycles. The standard InChI is InChI=1S/C17H26N4O4S/c1-2-21-8-12(6-18-21)7-20-9-13(5-16-15(20)3-4-25-16)17(22)19-14-10-26(23,24)11-14/h6,8,13-16H,2-5,7,9-11H2,1H3,(H,19,22)/t13-,15+,16+/m0/s1. The van der Waals surface area contributed by atoms with Gasteiger partial charge in [-0.25, -0.2) is 8.42 Å². The van der Waals surface area contributed by atoms with Gasteiger partial charge < -0.3 is 10.1 Å². The Labute approximate surface area is 153 Å². The number of rotatable bonds is 5. The van der Waals surface area contributed by atoms with Gasteiger partial charge in [0.1, 0.15) is 0 Å². The van der Waals surface area contributed by atoms with Gasteiger partial charge in [0, 0.05) is 44.0 Å². The van der Waals surface area contributed by atoms with Crippen molar-refractivity contribution in [1.29, 1.82) is 0 Å². The summed E-state index contributed by atoms with van der Waals surface area (Å²) in [6, 6.07) is 0.110. The summed E-state index contributed by atoms with van der Waals surface area (Å²) < 4.78 is 30.4. The summed E-state index contributed by atoms with van der Waals surface area (Å²) in [5.74, 6) is -0.0889. The lowest BCUT2D eigenvalue weighted by molar-refractivity contribution is -0.130. The number of carbonyl (C=O) groups excluding carboxylic acids is 1.